The molecule has 8 heteroatoms. The molecule has 240 valence electrons. The van der Waals surface area contributed by atoms with Gasteiger partial charge in [-0.15, -0.1) is 0 Å². The average Bonchev–Trinajstić information content (AvgIpc) is 3.38. The van der Waals surface area contributed by atoms with E-state index in [1.807, 2.05) is 87.5 Å². The van der Waals surface area contributed by atoms with E-state index in [9.17, 15) is 10.1 Å². The smallest absolute Gasteiger partial charge is 0.282 e. The molecule has 0 aliphatic heterocycles. The molecule has 0 saturated heterocycles. The molecule has 0 aliphatic carbocycles. The first-order valence-corrected chi connectivity index (χ1v) is 15.9. The summed E-state index contributed by atoms with van der Waals surface area (Å²) in [4.78, 5) is 18.9. The van der Waals surface area contributed by atoms with E-state index >= 15 is 0 Å². The third-order valence-electron chi connectivity index (χ3n) is 8.60. The van der Waals surface area contributed by atoms with Crippen LogP contribution < -0.4 is 15.0 Å². The van der Waals surface area contributed by atoms with Gasteiger partial charge in [-0.2, -0.15) is 15.0 Å². The van der Waals surface area contributed by atoms with Crippen LogP contribution in [-0.2, 0) is 6.61 Å². The lowest BCUT2D eigenvalue weighted by Crippen LogP contribution is -2.21. The number of hydrogen-bond donors (Lipinski definition) is 0. The second kappa shape index (κ2) is 13.4. The van der Waals surface area contributed by atoms with Gasteiger partial charge in [-0.3, -0.25) is 4.79 Å². The summed E-state index contributed by atoms with van der Waals surface area (Å²) in [5.74, 6) is 2.19. The van der Waals surface area contributed by atoms with Crippen molar-refractivity contribution in [1.29, 1.82) is 5.26 Å². The Morgan fingerprint density at radius 1 is 0.958 bits per heavy atom. The Morgan fingerprint density at radius 2 is 1.69 bits per heavy atom. The van der Waals surface area contributed by atoms with Gasteiger partial charge < -0.3 is 14.0 Å². The Hall–Kier alpha value is -5.94. The Morgan fingerprint density at radius 3 is 2.42 bits per heavy atom. The zero-order chi connectivity index (χ0) is 33.9. The fourth-order valence-corrected chi connectivity index (χ4v) is 6.02. The van der Waals surface area contributed by atoms with Crippen molar-refractivity contribution in [1.82, 2.24) is 14.2 Å². The zero-order valence-corrected chi connectivity index (χ0v) is 28.0. The van der Waals surface area contributed by atoms with E-state index in [0.717, 1.165) is 50.6 Å². The van der Waals surface area contributed by atoms with E-state index in [-0.39, 0.29) is 11.5 Å². The van der Waals surface area contributed by atoms with Crippen molar-refractivity contribution in [3.63, 3.8) is 0 Å². The lowest BCUT2D eigenvalue weighted by atomic mass is 9.96. The van der Waals surface area contributed by atoms with Crippen LogP contribution in [0.3, 0.4) is 0 Å². The molecule has 0 amide bonds. The summed E-state index contributed by atoms with van der Waals surface area (Å²) >= 11 is 0. The quantitative estimate of drug-likeness (QED) is 0.149. The number of methoxy groups -OCH3 is 1. The van der Waals surface area contributed by atoms with Gasteiger partial charge in [0.05, 0.1) is 35.9 Å². The highest BCUT2D eigenvalue weighted by molar-refractivity contribution is 5.84. The molecule has 0 atom stereocenters. The predicted molar refractivity (Wildman–Crippen MR) is 191 cm³/mol. The number of fused-ring (bicyclic) bond motifs is 1. The third kappa shape index (κ3) is 6.10. The second-order valence-electron chi connectivity index (χ2n) is 12.1. The minimum Gasteiger partial charge on any atom is -0.496 e. The highest BCUT2D eigenvalue weighted by atomic mass is 16.5. The lowest BCUT2D eigenvalue weighted by molar-refractivity contribution is 0.306. The van der Waals surface area contributed by atoms with E-state index in [2.05, 4.69) is 36.6 Å². The van der Waals surface area contributed by atoms with Crippen LogP contribution in [0.25, 0.3) is 28.0 Å². The maximum Gasteiger partial charge on any atom is 0.282 e. The maximum atomic E-state index is 13.9. The summed E-state index contributed by atoms with van der Waals surface area (Å²) in [5.41, 5.74) is 8.44. The fourth-order valence-electron chi connectivity index (χ4n) is 6.02. The molecule has 0 bridgehead atoms. The van der Waals surface area contributed by atoms with Crippen LogP contribution in [0, 0.1) is 32.1 Å². The number of aryl methyl sites for hydroxylation is 2. The van der Waals surface area contributed by atoms with E-state index in [4.69, 9.17) is 19.6 Å². The van der Waals surface area contributed by atoms with Crippen molar-refractivity contribution in [2.75, 3.05) is 7.11 Å². The molecule has 0 aliphatic rings. The molecule has 0 radical (unpaired) electrons. The maximum absolute atomic E-state index is 13.9. The topological polar surface area (TPSA) is 94.4 Å². The standard InChI is InChI=1S/C40H37N5O3/c1-25(2)35-21-36(26(3)19-38(35)47-6)39-43-37-14-10-9-13-34(37)40(46)45(39)42-23-31-20-27(4)44(28(31)5)32-15-17-33(18-16-32)48-24-30-12-8-7-11-29(30)22-41/h7-21,23,25H,24H2,1-6H3. The monoisotopic (exact) mass is 635 g/mol. The summed E-state index contributed by atoms with van der Waals surface area (Å²) in [6.07, 6.45) is 1.73. The van der Waals surface area contributed by atoms with Crippen LogP contribution in [0.1, 0.15) is 59.0 Å². The summed E-state index contributed by atoms with van der Waals surface area (Å²) in [7, 11) is 1.67. The van der Waals surface area contributed by atoms with Gasteiger partial charge in [0.1, 0.15) is 18.1 Å². The molecule has 0 fully saturated rings. The molecule has 2 heterocycles. The molecule has 0 spiro atoms. The Labute approximate surface area is 280 Å². The van der Waals surface area contributed by atoms with Crippen LogP contribution in [0.2, 0.25) is 0 Å². The van der Waals surface area contributed by atoms with E-state index in [1.54, 1.807) is 25.5 Å². The Kier molecular flexibility index (Phi) is 8.95. The highest BCUT2D eigenvalue weighted by Gasteiger charge is 2.19. The fraction of sp³-hybridized carbons (Fsp3) is 0.200. The van der Waals surface area contributed by atoms with Crippen molar-refractivity contribution in [2.45, 2.75) is 47.1 Å². The molecule has 0 unspecified atom stereocenters. The zero-order valence-electron chi connectivity index (χ0n) is 28.0. The first-order valence-electron chi connectivity index (χ1n) is 15.9. The van der Waals surface area contributed by atoms with Crippen molar-refractivity contribution in [3.05, 3.63) is 141 Å². The van der Waals surface area contributed by atoms with E-state index in [1.165, 1.54) is 4.68 Å². The van der Waals surface area contributed by atoms with Gasteiger partial charge in [0.15, 0.2) is 5.82 Å². The van der Waals surface area contributed by atoms with E-state index in [0.29, 0.717) is 34.6 Å². The molecule has 0 N–H and O–H groups in total. The van der Waals surface area contributed by atoms with Crippen molar-refractivity contribution in [2.24, 2.45) is 5.10 Å². The molecule has 48 heavy (non-hydrogen) atoms. The number of hydrogen-bond acceptors (Lipinski definition) is 6. The first-order chi connectivity index (χ1) is 23.2. The molecule has 2 aromatic heterocycles. The number of rotatable bonds is 9. The van der Waals surface area contributed by atoms with Crippen LogP contribution >= 0.6 is 0 Å². The van der Waals surface area contributed by atoms with Gasteiger partial charge in [0, 0.05) is 33.8 Å². The molecular formula is C40H37N5O3. The lowest BCUT2D eigenvalue weighted by Gasteiger charge is -2.17. The molecule has 8 nitrogen and oxygen atoms in total. The van der Waals surface area contributed by atoms with Gasteiger partial charge in [0.2, 0.25) is 0 Å². The predicted octanol–water partition coefficient (Wildman–Crippen LogP) is 8.24. The first kappa shape index (κ1) is 32.0. The van der Waals surface area contributed by atoms with Crippen LogP contribution in [-0.4, -0.2) is 27.6 Å². The number of nitrogens with zero attached hydrogens (tertiary/aromatic N) is 5. The normalized spacial score (nSPS) is 11.4. The summed E-state index contributed by atoms with van der Waals surface area (Å²) in [5, 5.41) is 14.6. The van der Waals surface area contributed by atoms with Gasteiger partial charge in [0.25, 0.3) is 5.56 Å². The summed E-state index contributed by atoms with van der Waals surface area (Å²) in [6.45, 7) is 10.6. The minimum absolute atomic E-state index is 0.203. The van der Waals surface area contributed by atoms with Crippen molar-refractivity contribution >= 4 is 17.1 Å². The SMILES string of the molecule is COc1cc(C)c(-c2nc3ccccc3c(=O)n2N=Cc2cc(C)n(-c3ccc(OCc4ccccc4C#N)cc3)c2C)cc1C(C)C. The van der Waals surface area contributed by atoms with Crippen LogP contribution in [0.5, 0.6) is 11.5 Å². The number of para-hydroxylation sites is 1. The summed E-state index contributed by atoms with van der Waals surface area (Å²) < 4.78 is 15.2. The molecular weight excluding hydrogens is 598 g/mol. The van der Waals surface area contributed by atoms with Crippen LogP contribution in [0.4, 0.5) is 0 Å². The molecule has 6 rings (SSSR count). The average molecular weight is 636 g/mol. The third-order valence-corrected chi connectivity index (χ3v) is 8.60. The number of nitriles is 1. The minimum atomic E-state index is -0.241. The number of benzene rings is 4. The van der Waals surface area contributed by atoms with E-state index < -0.39 is 0 Å². The second-order valence-corrected chi connectivity index (χ2v) is 12.1. The number of aromatic nitrogens is 3. The van der Waals surface area contributed by atoms with Crippen LogP contribution in [0.15, 0.2) is 101 Å². The molecule has 0 saturated carbocycles. The van der Waals surface area contributed by atoms with Crippen molar-refractivity contribution < 1.29 is 9.47 Å². The Balaban J connectivity index is 1.36. The summed E-state index contributed by atoms with van der Waals surface area (Å²) in [6, 6.07) is 30.9. The molecule has 6 aromatic rings. The Bertz CT molecular complexity index is 2270. The largest absolute Gasteiger partial charge is 0.496 e. The van der Waals surface area contributed by atoms with Gasteiger partial charge >= 0.3 is 0 Å². The molecule has 4 aromatic carbocycles. The van der Waals surface area contributed by atoms with Gasteiger partial charge in [-0.25, -0.2) is 4.98 Å². The number of ether oxygens (including phenoxy) is 2. The van der Waals surface area contributed by atoms with Gasteiger partial charge in [-0.05, 0) is 98.5 Å². The highest BCUT2D eigenvalue weighted by Crippen LogP contribution is 2.34. The van der Waals surface area contributed by atoms with Crippen molar-refractivity contribution in [3.8, 4) is 34.6 Å². The van der Waals surface area contributed by atoms with Gasteiger partial charge in [-0.1, -0.05) is 44.2 Å².